The second-order valence-corrected chi connectivity index (χ2v) is 6.14. The van der Waals surface area contributed by atoms with Crippen molar-refractivity contribution in [1.29, 1.82) is 0 Å². The van der Waals surface area contributed by atoms with Gasteiger partial charge in [-0.2, -0.15) is 0 Å². The number of halogens is 1. The van der Waals surface area contributed by atoms with Gasteiger partial charge in [-0.3, -0.25) is 4.79 Å². The summed E-state index contributed by atoms with van der Waals surface area (Å²) in [5.74, 6) is 0.244. The molecule has 116 valence electrons. The number of piperazine rings is 1. The van der Waals surface area contributed by atoms with Crippen molar-refractivity contribution in [1.82, 2.24) is 10.2 Å². The minimum Gasteiger partial charge on any atom is -0.368 e. The molecule has 1 N–H and O–H groups in total. The van der Waals surface area contributed by atoms with Crippen LogP contribution in [-0.2, 0) is 4.79 Å². The molecule has 0 atom stereocenters. The second kappa shape index (κ2) is 7.66. The summed E-state index contributed by atoms with van der Waals surface area (Å²) < 4.78 is 0. The van der Waals surface area contributed by atoms with Crippen LogP contribution in [0.5, 0.6) is 0 Å². The van der Waals surface area contributed by atoms with Crippen LogP contribution >= 0.6 is 11.6 Å². The van der Waals surface area contributed by atoms with Crippen LogP contribution in [-0.4, -0.2) is 49.6 Å². The first-order chi connectivity index (χ1) is 10.1. The van der Waals surface area contributed by atoms with Crippen molar-refractivity contribution in [3.05, 3.63) is 29.3 Å². The van der Waals surface area contributed by atoms with E-state index in [4.69, 9.17) is 11.6 Å². The number of amides is 1. The first-order valence-electron chi connectivity index (χ1n) is 7.58. The Labute approximate surface area is 132 Å². The van der Waals surface area contributed by atoms with E-state index in [1.54, 1.807) is 0 Å². The number of hydrogen-bond acceptors (Lipinski definition) is 3. The number of anilines is 1. The van der Waals surface area contributed by atoms with E-state index in [1.807, 2.05) is 23.1 Å². The molecule has 1 saturated heterocycles. The molecule has 0 saturated carbocycles. The number of nitrogens with zero attached hydrogens (tertiary/aromatic N) is 2. The van der Waals surface area contributed by atoms with Gasteiger partial charge >= 0.3 is 0 Å². The predicted octanol–water partition coefficient (Wildman–Crippen LogP) is 2.38. The van der Waals surface area contributed by atoms with E-state index in [9.17, 15) is 4.79 Å². The molecule has 1 aliphatic rings. The van der Waals surface area contributed by atoms with Gasteiger partial charge in [-0.05, 0) is 18.2 Å². The molecule has 0 spiro atoms. The van der Waals surface area contributed by atoms with Gasteiger partial charge in [0.1, 0.15) is 0 Å². The third-order valence-electron chi connectivity index (χ3n) is 3.70. The highest BCUT2D eigenvalue weighted by Gasteiger charge is 2.20. The first kappa shape index (κ1) is 16.1. The van der Waals surface area contributed by atoms with E-state index >= 15 is 0 Å². The van der Waals surface area contributed by atoms with Crippen molar-refractivity contribution in [3.8, 4) is 0 Å². The first-order valence-corrected chi connectivity index (χ1v) is 7.96. The van der Waals surface area contributed by atoms with E-state index in [-0.39, 0.29) is 5.91 Å². The van der Waals surface area contributed by atoms with Gasteiger partial charge in [0.25, 0.3) is 0 Å². The molecule has 1 aliphatic heterocycles. The quantitative estimate of drug-likeness (QED) is 0.907. The van der Waals surface area contributed by atoms with Crippen molar-refractivity contribution < 1.29 is 4.79 Å². The van der Waals surface area contributed by atoms with Crippen LogP contribution in [0.1, 0.15) is 20.3 Å². The molecule has 5 heteroatoms. The summed E-state index contributed by atoms with van der Waals surface area (Å²) in [6.07, 6.45) is 0.579. The molecule has 4 nitrogen and oxygen atoms in total. The summed E-state index contributed by atoms with van der Waals surface area (Å²) in [6, 6.07) is 8.32. The highest BCUT2D eigenvalue weighted by Crippen LogP contribution is 2.20. The summed E-state index contributed by atoms with van der Waals surface area (Å²) in [5, 5.41) is 4.04. The van der Waals surface area contributed by atoms with Crippen LogP contribution in [0, 0.1) is 0 Å². The predicted molar refractivity (Wildman–Crippen MR) is 88.0 cm³/mol. The summed E-state index contributed by atoms with van der Waals surface area (Å²) >= 11 is 6.03. The van der Waals surface area contributed by atoms with Gasteiger partial charge in [0.05, 0.1) is 0 Å². The van der Waals surface area contributed by atoms with Crippen LogP contribution in [0.25, 0.3) is 0 Å². The maximum absolute atomic E-state index is 12.1. The molecule has 1 aromatic rings. The molecule has 0 unspecified atom stereocenters. The lowest BCUT2D eigenvalue weighted by molar-refractivity contribution is -0.131. The Hall–Kier alpha value is -1.26. The lowest BCUT2D eigenvalue weighted by Gasteiger charge is -2.36. The zero-order valence-electron chi connectivity index (χ0n) is 12.8. The summed E-state index contributed by atoms with van der Waals surface area (Å²) in [4.78, 5) is 16.4. The van der Waals surface area contributed by atoms with Crippen molar-refractivity contribution in [2.24, 2.45) is 0 Å². The molecule has 0 aromatic heterocycles. The fourth-order valence-electron chi connectivity index (χ4n) is 2.51. The molecular weight excluding hydrogens is 286 g/mol. The zero-order chi connectivity index (χ0) is 15.2. The third kappa shape index (κ3) is 4.90. The average molecular weight is 310 g/mol. The molecule has 1 fully saturated rings. The highest BCUT2D eigenvalue weighted by molar-refractivity contribution is 6.30. The Bertz CT molecular complexity index is 470. The van der Waals surface area contributed by atoms with Gasteiger partial charge in [-0.15, -0.1) is 0 Å². The number of nitrogens with one attached hydrogen (secondary N) is 1. The number of carbonyl (C=O) groups is 1. The van der Waals surface area contributed by atoms with E-state index in [0.29, 0.717) is 12.5 Å². The summed E-state index contributed by atoms with van der Waals surface area (Å²) in [5.41, 5.74) is 1.14. The molecule has 21 heavy (non-hydrogen) atoms. The van der Waals surface area contributed by atoms with Crippen molar-refractivity contribution in [3.63, 3.8) is 0 Å². The normalized spacial score (nSPS) is 15.6. The highest BCUT2D eigenvalue weighted by atomic mass is 35.5. The average Bonchev–Trinajstić information content (AvgIpc) is 2.47. The number of carbonyl (C=O) groups excluding carboxylic acids is 1. The van der Waals surface area contributed by atoms with Crippen molar-refractivity contribution in [2.75, 3.05) is 37.6 Å². The third-order valence-corrected chi connectivity index (χ3v) is 3.93. The Kier molecular flexibility index (Phi) is 5.88. The van der Waals surface area contributed by atoms with Gasteiger partial charge in [-0.25, -0.2) is 0 Å². The van der Waals surface area contributed by atoms with Gasteiger partial charge in [0, 0.05) is 55.9 Å². The summed E-state index contributed by atoms with van der Waals surface area (Å²) in [6.45, 7) is 8.24. The number of benzene rings is 1. The Morgan fingerprint density at radius 2 is 2.00 bits per heavy atom. The molecule has 0 aliphatic carbocycles. The van der Waals surface area contributed by atoms with E-state index < -0.39 is 0 Å². The zero-order valence-corrected chi connectivity index (χ0v) is 13.6. The van der Waals surface area contributed by atoms with E-state index in [2.05, 4.69) is 30.1 Å². The van der Waals surface area contributed by atoms with Crippen LogP contribution in [0.3, 0.4) is 0 Å². The molecule has 1 aromatic carbocycles. The van der Waals surface area contributed by atoms with E-state index in [1.165, 1.54) is 0 Å². The topological polar surface area (TPSA) is 35.6 Å². The number of rotatable bonds is 5. The second-order valence-electron chi connectivity index (χ2n) is 5.71. The Balaban J connectivity index is 1.79. The molecule has 1 heterocycles. The van der Waals surface area contributed by atoms with Gasteiger partial charge in [0.15, 0.2) is 0 Å². The fourth-order valence-corrected chi connectivity index (χ4v) is 2.70. The van der Waals surface area contributed by atoms with Crippen LogP contribution in [0.4, 0.5) is 5.69 Å². The summed E-state index contributed by atoms with van der Waals surface area (Å²) in [7, 11) is 0. The smallest absolute Gasteiger partial charge is 0.223 e. The maximum Gasteiger partial charge on any atom is 0.223 e. The van der Waals surface area contributed by atoms with Crippen LogP contribution in [0.15, 0.2) is 24.3 Å². The van der Waals surface area contributed by atoms with Crippen molar-refractivity contribution in [2.45, 2.75) is 26.3 Å². The molecular formula is C16H24ClN3O. The van der Waals surface area contributed by atoms with Crippen LogP contribution in [0.2, 0.25) is 5.02 Å². The lowest BCUT2D eigenvalue weighted by atomic mass is 10.2. The largest absolute Gasteiger partial charge is 0.368 e. The molecule has 0 bridgehead atoms. The van der Waals surface area contributed by atoms with Gasteiger partial charge < -0.3 is 15.1 Å². The van der Waals surface area contributed by atoms with Crippen molar-refractivity contribution >= 4 is 23.2 Å². The maximum atomic E-state index is 12.1. The van der Waals surface area contributed by atoms with Gasteiger partial charge in [-0.1, -0.05) is 31.5 Å². The lowest BCUT2D eigenvalue weighted by Crippen LogP contribution is -2.49. The Morgan fingerprint density at radius 3 is 2.62 bits per heavy atom. The monoisotopic (exact) mass is 309 g/mol. The molecule has 0 radical (unpaired) electrons. The molecule has 1 amide bonds. The minimum absolute atomic E-state index is 0.244. The van der Waals surface area contributed by atoms with Gasteiger partial charge in [0.2, 0.25) is 5.91 Å². The standard InChI is InChI=1S/C16H24ClN3O/c1-13(2)18-7-6-16(21)20-10-8-19(9-11-20)15-5-3-4-14(17)12-15/h3-5,12-13,18H,6-11H2,1-2H3. The Morgan fingerprint density at radius 1 is 1.29 bits per heavy atom. The molecule has 2 rings (SSSR count). The van der Waals surface area contributed by atoms with E-state index in [0.717, 1.165) is 43.4 Å². The SMILES string of the molecule is CC(C)NCCC(=O)N1CCN(c2cccc(Cl)c2)CC1. The number of hydrogen-bond donors (Lipinski definition) is 1. The van der Waals surface area contributed by atoms with Crippen LogP contribution < -0.4 is 10.2 Å². The fraction of sp³-hybridized carbons (Fsp3) is 0.562. The minimum atomic E-state index is 0.244.